The van der Waals surface area contributed by atoms with Crippen LogP contribution < -0.4 is 5.73 Å². The van der Waals surface area contributed by atoms with E-state index in [1.54, 1.807) is 12.3 Å². The van der Waals surface area contributed by atoms with Crippen molar-refractivity contribution in [2.75, 3.05) is 6.54 Å². The van der Waals surface area contributed by atoms with E-state index >= 15 is 0 Å². The molecule has 3 N–H and O–H groups in total. The highest BCUT2D eigenvalue weighted by atomic mass is 16.3. The molecule has 15 heavy (non-hydrogen) atoms. The maximum Gasteiger partial charge on any atom is 0.123 e. The number of hydrogen-bond acceptors (Lipinski definition) is 3. The van der Waals surface area contributed by atoms with E-state index in [0.29, 0.717) is 12.3 Å². The van der Waals surface area contributed by atoms with E-state index in [2.05, 4.69) is 4.98 Å². The van der Waals surface area contributed by atoms with E-state index in [1.807, 2.05) is 19.1 Å². The second-order valence-corrected chi connectivity index (χ2v) is 3.61. The lowest BCUT2D eigenvalue weighted by Gasteiger charge is -2.08. The highest BCUT2D eigenvalue weighted by Crippen LogP contribution is 2.29. The molecule has 0 atom stereocenters. The molecule has 0 radical (unpaired) electrons. The molecule has 0 saturated carbocycles. The number of aromatic hydroxyl groups is 1. The molecular formula is C12H14N2O. The predicted molar refractivity (Wildman–Crippen MR) is 60.9 cm³/mol. The number of phenolic OH excluding ortho intramolecular Hbond substituents is 1. The molecule has 0 aliphatic rings. The quantitative estimate of drug-likeness (QED) is 0.780. The zero-order valence-corrected chi connectivity index (χ0v) is 8.70. The minimum atomic E-state index is 0.307. The third kappa shape index (κ3) is 1.66. The van der Waals surface area contributed by atoms with Crippen LogP contribution >= 0.6 is 0 Å². The number of nitrogens with two attached hydrogens (primary N) is 1. The second kappa shape index (κ2) is 3.87. The molecule has 2 rings (SSSR count). The van der Waals surface area contributed by atoms with Crippen molar-refractivity contribution in [2.45, 2.75) is 13.3 Å². The smallest absolute Gasteiger partial charge is 0.123 e. The van der Waals surface area contributed by atoms with Crippen LogP contribution in [0.25, 0.3) is 10.8 Å². The van der Waals surface area contributed by atoms with Gasteiger partial charge in [0.2, 0.25) is 0 Å². The standard InChI is InChI=1S/C12H14N2O/c1-8-10-3-2-4-11(15)12(10)9(5-6-13)7-14-8/h2-4,7,15H,5-6,13H2,1H3. The van der Waals surface area contributed by atoms with Crippen LogP contribution in [0.15, 0.2) is 24.4 Å². The van der Waals surface area contributed by atoms with Crippen LogP contribution in [-0.4, -0.2) is 16.6 Å². The lowest BCUT2D eigenvalue weighted by atomic mass is 10.0. The molecule has 1 aromatic heterocycles. The van der Waals surface area contributed by atoms with Gasteiger partial charge in [0.1, 0.15) is 5.75 Å². The molecule has 2 aromatic rings. The van der Waals surface area contributed by atoms with Crippen LogP contribution in [0, 0.1) is 6.92 Å². The normalized spacial score (nSPS) is 10.8. The predicted octanol–water partition coefficient (Wildman–Crippen LogP) is 1.75. The molecule has 1 aromatic carbocycles. The van der Waals surface area contributed by atoms with E-state index in [0.717, 1.165) is 28.5 Å². The summed E-state index contributed by atoms with van der Waals surface area (Å²) in [6, 6.07) is 5.50. The van der Waals surface area contributed by atoms with Gasteiger partial charge in [-0.2, -0.15) is 0 Å². The van der Waals surface area contributed by atoms with Crippen LogP contribution in [0.2, 0.25) is 0 Å². The van der Waals surface area contributed by atoms with Gasteiger partial charge in [0.25, 0.3) is 0 Å². The summed E-state index contributed by atoms with van der Waals surface area (Å²) in [5.74, 6) is 0.307. The molecule has 1 heterocycles. The molecule has 0 amide bonds. The average molecular weight is 202 g/mol. The lowest BCUT2D eigenvalue weighted by molar-refractivity contribution is 0.481. The van der Waals surface area contributed by atoms with E-state index in [9.17, 15) is 5.11 Å². The Morgan fingerprint density at radius 2 is 2.20 bits per heavy atom. The van der Waals surface area contributed by atoms with Crippen molar-refractivity contribution < 1.29 is 5.11 Å². The summed E-state index contributed by atoms with van der Waals surface area (Å²) in [4.78, 5) is 4.30. The fourth-order valence-electron chi connectivity index (χ4n) is 1.83. The minimum absolute atomic E-state index is 0.307. The van der Waals surface area contributed by atoms with Crippen LogP contribution in [0.5, 0.6) is 5.75 Å². The van der Waals surface area contributed by atoms with Crippen molar-refractivity contribution in [1.82, 2.24) is 4.98 Å². The monoisotopic (exact) mass is 202 g/mol. The van der Waals surface area contributed by atoms with Gasteiger partial charge >= 0.3 is 0 Å². The Hall–Kier alpha value is -1.61. The molecule has 0 bridgehead atoms. The van der Waals surface area contributed by atoms with E-state index in [4.69, 9.17) is 5.73 Å². The summed E-state index contributed by atoms with van der Waals surface area (Å²) < 4.78 is 0. The van der Waals surface area contributed by atoms with Crippen molar-refractivity contribution >= 4 is 10.8 Å². The van der Waals surface area contributed by atoms with Gasteiger partial charge in [0.15, 0.2) is 0 Å². The average Bonchev–Trinajstić information content (AvgIpc) is 2.23. The maximum absolute atomic E-state index is 9.83. The molecule has 3 nitrogen and oxygen atoms in total. The fourth-order valence-corrected chi connectivity index (χ4v) is 1.83. The third-order valence-electron chi connectivity index (χ3n) is 2.58. The van der Waals surface area contributed by atoms with Gasteiger partial charge in [-0.25, -0.2) is 0 Å². The molecular weight excluding hydrogens is 188 g/mol. The number of benzene rings is 1. The topological polar surface area (TPSA) is 59.1 Å². The highest BCUT2D eigenvalue weighted by molar-refractivity contribution is 5.92. The zero-order chi connectivity index (χ0) is 10.8. The number of phenols is 1. The minimum Gasteiger partial charge on any atom is -0.507 e. The summed E-state index contributed by atoms with van der Waals surface area (Å²) in [6.07, 6.45) is 2.53. The van der Waals surface area contributed by atoms with E-state index in [1.165, 1.54) is 0 Å². The summed E-state index contributed by atoms with van der Waals surface area (Å²) in [5.41, 5.74) is 7.47. The second-order valence-electron chi connectivity index (χ2n) is 3.61. The first-order valence-corrected chi connectivity index (χ1v) is 5.00. The van der Waals surface area contributed by atoms with Crippen molar-refractivity contribution in [1.29, 1.82) is 0 Å². The highest BCUT2D eigenvalue weighted by Gasteiger charge is 2.07. The molecule has 0 spiro atoms. The summed E-state index contributed by atoms with van der Waals surface area (Å²) in [6.45, 7) is 2.50. The lowest BCUT2D eigenvalue weighted by Crippen LogP contribution is -2.04. The Kier molecular flexibility index (Phi) is 2.56. The number of aryl methyl sites for hydroxylation is 1. The number of fused-ring (bicyclic) bond motifs is 1. The van der Waals surface area contributed by atoms with Gasteiger partial charge in [0, 0.05) is 22.7 Å². The largest absolute Gasteiger partial charge is 0.507 e. The first-order chi connectivity index (χ1) is 7.24. The fraction of sp³-hybridized carbons (Fsp3) is 0.250. The van der Waals surface area contributed by atoms with Crippen LogP contribution in [-0.2, 0) is 6.42 Å². The van der Waals surface area contributed by atoms with E-state index in [-0.39, 0.29) is 0 Å². The van der Waals surface area contributed by atoms with Crippen LogP contribution in [0.3, 0.4) is 0 Å². The Balaban J connectivity index is 2.78. The molecule has 0 unspecified atom stereocenters. The molecule has 78 valence electrons. The number of aromatic nitrogens is 1. The molecule has 0 saturated heterocycles. The number of pyridine rings is 1. The van der Waals surface area contributed by atoms with E-state index < -0.39 is 0 Å². The van der Waals surface area contributed by atoms with Crippen LogP contribution in [0.1, 0.15) is 11.3 Å². The van der Waals surface area contributed by atoms with Gasteiger partial charge in [-0.15, -0.1) is 0 Å². The SMILES string of the molecule is Cc1ncc(CCN)c2c(O)cccc12. The van der Waals surface area contributed by atoms with Gasteiger partial charge in [-0.3, -0.25) is 4.98 Å². The summed E-state index contributed by atoms with van der Waals surface area (Å²) in [7, 11) is 0. The van der Waals surface area contributed by atoms with Crippen LogP contribution in [0.4, 0.5) is 0 Å². The molecule has 0 aliphatic carbocycles. The first kappa shape index (κ1) is 9.93. The van der Waals surface area contributed by atoms with Gasteiger partial charge < -0.3 is 10.8 Å². The molecule has 0 fully saturated rings. The van der Waals surface area contributed by atoms with Gasteiger partial charge in [-0.1, -0.05) is 12.1 Å². The summed E-state index contributed by atoms with van der Waals surface area (Å²) in [5, 5.41) is 11.7. The Bertz CT molecular complexity index is 494. The number of rotatable bonds is 2. The Morgan fingerprint density at radius 3 is 2.93 bits per heavy atom. The molecule has 3 heteroatoms. The number of nitrogens with zero attached hydrogens (tertiary/aromatic N) is 1. The van der Waals surface area contributed by atoms with Crippen molar-refractivity contribution in [3.05, 3.63) is 35.7 Å². The van der Waals surface area contributed by atoms with Crippen molar-refractivity contribution in [3.63, 3.8) is 0 Å². The van der Waals surface area contributed by atoms with Gasteiger partial charge in [0.05, 0.1) is 0 Å². The van der Waals surface area contributed by atoms with Crippen molar-refractivity contribution in [3.8, 4) is 5.75 Å². The van der Waals surface area contributed by atoms with Crippen molar-refractivity contribution in [2.24, 2.45) is 5.73 Å². The first-order valence-electron chi connectivity index (χ1n) is 5.00. The molecule has 0 aliphatic heterocycles. The maximum atomic E-state index is 9.83. The third-order valence-corrected chi connectivity index (χ3v) is 2.58. The Labute approximate surface area is 88.6 Å². The number of hydrogen-bond donors (Lipinski definition) is 2. The van der Waals surface area contributed by atoms with Gasteiger partial charge in [-0.05, 0) is 31.5 Å². The summed E-state index contributed by atoms with van der Waals surface area (Å²) >= 11 is 0. The Morgan fingerprint density at radius 1 is 1.40 bits per heavy atom. The zero-order valence-electron chi connectivity index (χ0n) is 8.70.